The highest BCUT2D eigenvalue weighted by Crippen LogP contribution is 2.30. The highest BCUT2D eigenvalue weighted by Gasteiger charge is 2.25. The van der Waals surface area contributed by atoms with Crippen molar-refractivity contribution in [2.24, 2.45) is 0 Å². The van der Waals surface area contributed by atoms with Crippen LogP contribution in [0.3, 0.4) is 0 Å². The number of imidazole rings is 1. The maximum atomic E-state index is 4.97. The molecule has 0 aliphatic carbocycles. The Morgan fingerprint density at radius 2 is 1.92 bits per heavy atom. The molecule has 8 heteroatoms. The minimum atomic E-state index is 0.188. The van der Waals surface area contributed by atoms with Gasteiger partial charge in [-0.3, -0.25) is 9.88 Å². The quantitative estimate of drug-likeness (QED) is 0.348. The minimum absolute atomic E-state index is 0.188. The van der Waals surface area contributed by atoms with E-state index in [1.807, 2.05) is 43.5 Å². The van der Waals surface area contributed by atoms with E-state index in [0.29, 0.717) is 6.54 Å². The first-order chi connectivity index (χ1) is 17.8. The number of hydrogen-bond donors (Lipinski definition) is 2. The molecule has 0 unspecified atom stereocenters. The number of H-pyrrole nitrogens is 1. The molecule has 188 valence electrons. The second kappa shape index (κ2) is 9.12. The largest absolute Gasteiger partial charge is 0.378 e. The monoisotopic (exact) mass is 492 g/mol. The number of benzene rings is 1. The van der Waals surface area contributed by atoms with Crippen LogP contribution < -0.4 is 5.32 Å². The van der Waals surface area contributed by atoms with Gasteiger partial charge in [0.15, 0.2) is 5.65 Å². The number of anilines is 1. The van der Waals surface area contributed by atoms with Crippen molar-refractivity contribution < 1.29 is 0 Å². The summed E-state index contributed by atoms with van der Waals surface area (Å²) in [6.45, 7) is 11.5. The van der Waals surface area contributed by atoms with E-state index in [-0.39, 0.29) is 5.54 Å². The van der Waals surface area contributed by atoms with E-state index in [9.17, 15) is 0 Å². The summed E-state index contributed by atoms with van der Waals surface area (Å²) < 4.78 is 1.77. The van der Waals surface area contributed by atoms with Gasteiger partial charge in [0.25, 0.3) is 0 Å². The van der Waals surface area contributed by atoms with Crippen molar-refractivity contribution in [3.63, 3.8) is 0 Å². The Labute approximate surface area is 216 Å². The predicted octanol–water partition coefficient (Wildman–Crippen LogP) is 5.26. The number of nitrogens with one attached hydrogen (secondary N) is 2. The molecule has 1 aliphatic heterocycles. The summed E-state index contributed by atoms with van der Waals surface area (Å²) in [7, 11) is 0. The molecule has 1 aromatic carbocycles. The van der Waals surface area contributed by atoms with Crippen LogP contribution in [-0.4, -0.2) is 46.5 Å². The molecule has 0 amide bonds. The topological polar surface area (TPSA) is 87.0 Å². The lowest BCUT2D eigenvalue weighted by Crippen LogP contribution is -2.44. The van der Waals surface area contributed by atoms with Crippen molar-refractivity contribution in [2.45, 2.75) is 52.7 Å². The summed E-state index contributed by atoms with van der Waals surface area (Å²) in [4.78, 5) is 20.1. The molecule has 0 fully saturated rings. The normalized spacial score (nSPS) is 14.2. The molecule has 2 N–H and O–H groups in total. The summed E-state index contributed by atoms with van der Waals surface area (Å²) in [5.41, 5.74) is 9.47. The first-order valence-corrected chi connectivity index (χ1v) is 12.8. The average molecular weight is 493 g/mol. The first kappa shape index (κ1) is 23.4. The van der Waals surface area contributed by atoms with Crippen molar-refractivity contribution in [1.29, 1.82) is 0 Å². The van der Waals surface area contributed by atoms with Gasteiger partial charge in [-0.1, -0.05) is 12.1 Å². The van der Waals surface area contributed by atoms with Gasteiger partial charge in [-0.15, -0.1) is 0 Å². The maximum Gasteiger partial charge on any atom is 0.155 e. The van der Waals surface area contributed by atoms with Crippen LogP contribution in [0.2, 0.25) is 0 Å². The Balaban J connectivity index is 1.28. The van der Waals surface area contributed by atoms with E-state index >= 15 is 0 Å². The molecule has 37 heavy (non-hydrogen) atoms. The Morgan fingerprint density at radius 3 is 2.76 bits per heavy atom. The van der Waals surface area contributed by atoms with Gasteiger partial charge in [0.1, 0.15) is 17.8 Å². The highest BCUT2D eigenvalue weighted by atomic mass is 15.3. The van der Waals surface area contributed by atoms with Crippen molar-refractivity contribution in [3.8, 4) is 22.6 Å². The number of aromatic nitrogens is 6. The smallest absolute Gasteiger partial charge is 0.155 e. The van der Waals surface area contributed by atoms with Gasteiger partial charge in [-0.2, -0.15) is 5.10 Å². The number of pyridine rings is 2. The van der Waals surface area contributed by atoms with Crippen molar-refractivity contribution in [3.05, 3.63) is 83.7 Å². The summed E-state index contributed by atoms with van der Waals surface area (Å²) in [6, 6.07) is 16.7. The molecule has 0 radical (unpaired) electrons. The van der Waals surface area contributed by atoms with Crippen LogP contribution in [0, 0.1) is 6.92 Å². The van der Waals surface area contributed by atoms with E-state index in [2.05, 4.69) is 64.3 Å². The van der Waals surface area contributed by atoms with Gasteiger partial charge < -0.3 is 10.3 Å². The zero-order chi connectivity index (χ0) is 25.6. The summed E-state index contributed by atoms with van der Waals surface area (Å²) in [5.74, 6) is 0.851. The number of hydrogen-bond acceptors (Lipinski definition) is 6. The number of aryl methyl sites for hydroxylation is 1. The Bertz CT molecular complexity index is 1570. The molecular formula is C29H32N8. The predicted molar refractivity (Wildman–Crippen MR) is 146 cm³/mol. The van der Waals surface area contributed by atoms with Crippen molar-refractivity contribution >= 4 is 11.3 Å². The van der Waals surface area contributed by atoms with E-state index in [4.69, 9.17) is 9.97 Å². The zero-order valence-corrected chi connectivity index (χ0v) is 21.8. The van der Waals surface area contributed by atoms with E-state index in [1.54, 1.807) is 10.8 Å². The van der Waals surface area contributed by atoms with Crippen LogP contribution in [-0.2, 0) is 19.5 Å². The van der Waals surface area contributed by atoms with Gasteiger partial charge in [-0.25, -0.2) is 14.5 Å². The fourth-order valence-electron chi connectivity index (χ4n) is 4.96. The van der Waals surface area contributed by atoms with Gasteiger partial charge in [0, 0.05) is 41.8 Å². The molecule has 8 nitrogen and oxygen atoms in total. The lowest BCUT2D eigenvalue weighted by atomic mass is 9.95. The van der Waals surface area contributed by atoms with Gasteiger partial charge in [-0.05, 0) is 81.6 Å². The van der Waals surface area contributed by atoms with Crippen LogP contribution in [0.4, 0.5) is 5.69 Å². The molecule has 1 aliphatic rings. The number of fused-ring (bicyclic) bond motifs is 2. The zero-order valence-electron chi connectivity index (χ0n) is 21.8. The SMILES string of the molecule is Cc1cccc(-c2nc(CNc3ccc4c(c3)CCN(C(C)(C)C)C4)[nH]c2-c2ccc3ncnn3c2)n1. The van der Waals surface area contributed by atoms with Crippen LogP contribution in [0.1, 0.15) is 43.4 Å². The number of rotatable bonds is 5. The van der Waals surface area contributed by atoms with Gasteiger partial charge in [0.05, 0.1) is 17.9 Å². The molecule has 4 aromatic heterocycles. The summed E-state index contributed by atoms with van der Waals surface area (Å²) in [6.07, 6.45) is 4.60. The molecule has 0 spiro atoms. The second-order valence-corrected chi connectivity index (χ2v) is 10.7. The third-order valence-electron chi connectivity index (χ3n) is 7.07. The number of nitrogens with zero attached hydrogens (tertiary/aromatic N) is 6. The van der Waals surface area contributed by atoms with Crippen LogP contribution in [0.15, 0.2) is 61.1 Å². The second-order valence-electron chi connectivity index (χ2n) is 10.7. The Morgan fingerprint density at radius 1 is 1.03 bits per heavy atom. The fourth-order valence-corrected chi connectivity index (χ4v) is 4.96. The lowest BCUT2D eigenvalue weighted by molar-refractivity contribution is 0.121. The lowest BCUT2D eigenvalue weighted by Gasteiger charge is -2.39. The molecule has 0 bridgehead atoms. The average Bonchev–Trinajstić information content (AvgIpc) is 3.53. The van der Waals surface area contributed by atoms with Gasteiger partial charge in [0.2, 0.25) is 0 Å². The molecular weight excluding hydrogens is 460 g/mol. The van der Waals surface area contributed by atoms with Crippen LogP contribution in [0.5, 0.6) is 0 Å². The van der Waals surface area contributed by atoms with Crippen LogP contribution in [0.25, 0.3) is 28.3 Å². The molecule has 5 aromatic rings. The molecule has 0 atom stereocenters. The maximum absolute atomic E-state index is 4.97. The fraction of sp³-hybridized carbons (Fsp3) is 0.310. The molecule has 6 rings (SSSR count). The van der Waals surface area contributed by atoms with Gasteiger partial charge >= 0.3 is 0 Å². The Hall–Kier alpha value is -4.04. The third-order valence-corrected chi connectivity index (χ3v) is 7.07. The summed E-state index contributed by atoms with van der Waals surface area (Å²) >= 11 is 0. The third kappa shape index (κ3) is 4.72. The van der Waals surface area contributed by atoms with E-state index in [1.165, 1.54) is 11.1 Å². The van der Waals surface area contributed by atoms with E-state index < -0.39 is 0 Å². The van der Waals surface area contributed by atoms with E-state index in [0.717, 1.165) is 65.0 Å². The molecule has 0 saturated carbocycles. The molecule has 0 saturated heterocycles. The van der Waals surface area contributed by atoms with Crippen LogP contribution >= 0.6 is 0 Å². The highest BCUT2D eigenvalue weighted by molar-refractivity contribution is 5.77. The standard InChI is InChI=1S/C29H32N8/c1-19-6-5-7-24(33-19)28-27(22-9-11-26-31-18-32-37(26)17-22)34-25(35-28)15-30-23-10-8-21-16-36(29(2,3)4)13-12-20(21)14-23/h5-11,14,17-18,30H,12-13,15-16H2,1-4H3,(H,34,35). The number of aromatic amines is 1. The minimum Gasteiger partial charge on any atom is -0.378 e. The first-order valence-electron chi connectivity index (χ1n) is 12.8. The van der Waals surface area contributed by atoms with Crippen molar-refractivity contribution in [2.75, 3.05) is 11.9 Å². The molecule has 5 heterocycles. The van der Waals surface area contributed by atoms with Crippen molar-refractivity contribution in [1.82, 2.24) is 34.4 Å². The Kier molecular flexibility index (Phi) is 5.76. The summed E-state index contributed by atoms with van der Waals surface area (Å²) in [5, 5.41) is 7.88.